The quantitative estimate of drug-likeness (QED) is 0.580. The van der Waals surface area contributed by atoms with Crippen molar-refractivity contribution < 1.29 is 17.9 Å². The Hall–Kier alpha value is -2.54. The minimum Gasteiger partial charge on any atom is -0.496 e. The zero-order chi connectivity index (χ0) is 25.1. The van der Waals surface area contributed by atoms with Gasteiger partial charge in [-0.25, -0.2) is 8.42 Å². The van der Waals surface area contributed by atoms with Gasteiger partial charge >= 0.3 is 0 Å². The highest BCUT2D eigenvalue weighted by molar-refractivity contribution is 7.92. The number of carbonyl (C=O) groups excluding carboxylic acids is 1. The highest BCUT2D eigenvalue weighted by atomic mass is 32.2. The van der Waals surface area contributed by atoms with E-state index in [1.54, 1.807) is 19.2 Å². The Labute approximate surface area is 199 Å². The summed E-state index contributed by atoms with van der Waals surface area (Å²) in [5.41, 5.74) is 4.56. The lowest BCUT2D eigenvalue weighted by Gasteiger charge is -2.25. The normalized spacial score (nSPS) is 13.0. The van der Waals surface area contributed by atoms with Gasteiger partial charge in [0.25, 0.3) is 0 Å². The molecule has 182 valence electrons. The SMILES string of the molecule is COc1cc(C)c([C@@H](C)NC(=O)CN(c2ccc(C(C)(C)C)cc2)S(C)(=O)=O)cc1C(C)C. The Morgan fingerprint density at radius 3 is 2.09 bits per heavy atom. The van der Waals surface area contributed by atoms with Gasteiger partial charge < -0.3 is 10.1 Å². The smallest absolute Gasteiger partial charge is 0.241 e. The maximum absolute atomic E-state index is 12.9. The van der Waals surface area contributed by atoms with Crippen molar-refractivity contribution in [1.29, 1.82) is 0 Å². The molecule has 2 rings (SSSR count). The molecule has 0 aliphatic heterocycles. The maximum Gasteiger partial charge on any atom is 0.241 e. The molecule has 6 nitrogen and oxygen atoms in total. The number of carbonyl (C=O) groups is 1. The number of hydrogen-bond donors (Lipinski definition) is 1. The van der Waals surface area contributed by atoms with Crippen LogP contribution >= 0.6 is 0 Å². The van der Waals surface area contributed by atoms with E-state index in [1.165, 1.54) is 0 Å². The van der Waals surface area contributed by atoms with Crippen molar-refractivity contribution in [3.63, 3.8) is 0 Å². The molecular formula is C26H38N2O4S. The van der Waals surface area contributed by atoms with Crippen LogP contribution < -0.4 is 14.4 Å². The number of ether oxygens (including phenoxy) is 1. The van der Waals surface area contributed by atoms with E-state index in [4.69, 9.17) is 4.74 Å². The van der Waals surface area contributed by atoms with Gasteiger partial charge in [0.1, 0.15) is 12.3 Å². The molecule has 1 N–H and O–H groups in total. The molecule has 0 aromatic heterocycles. The summed E-state index contributed by atoms with van der Waals surface area (Å²) in [6.07, 6.45) is 1.11. The van der Waals surface area contributed by atoms with E-state index in [1.807, 2.05) is 32.0 Å². The first-order valence-electron chi connectivity index (χ1n) is 11.2. The van der Waals surface area contributed by atoms with E-state index < -0.39 is 10.0 Å². The van der Waals surface area contributed by atoms with Crippen molar-refractivity contribution in [1.82, 2.24) is 5.32 Å². The molecule has 0 fully saturated rings. The molecule has 0 saturated carbocycles. The Morgan fingerprint density at radius 2 is 1.64 bits per heavy atom. The standard InChI is InChI=1S/C26H38N2O4S/c1-17(2)22-15-23(18(3)14-24(22)32-8)19(4)27-25(29)16-28(33(9,30)31)21-12-10-20(11-13-21)26(5,6)7/h10-15,17,19H,16H2,1-9H3,(H,27,29)/t19-/m1/s1. The van der Waals surface area contributed by atoms with Crippen molar-refractivity contribution in [2.75, 3.05) is 24.2 Å². The Balaban J connectivity index is 2.25. The van der Waals surface area contributed by atoms with Crippen LogP contribution in [0.3, 0.4) is 0 Å². The zero-order valence-corrected chi connectivity index (χ0v) is 22.1. The second kappa shape index (κ2) is 10.2. The van der Waals surface area contributed by atoms with Crippen LogP contribution in [0.15, 0.2) is 36.4 Å². The van der Waals surface area contributed by atoms with E-state index in [9.17, 15) is 13.2 Å². The monoisotopic (exact) mass is 474 g/mol. The van der Waals surface area contributed by atoms with Crippen LogP contribution in [0.5, 0.6) is 5.75 Å². The number of sulfonamides is 1. The Bertz CT molecular complexity index is 1080. The third kappa shape index (κ3) is 6.73. The average molecular weight is 475 g/mol. The second-order valence-corrected chi connectivity index (χ2v) is 11.9. The molecule has 0 spiro atoms. The largest absolute Gasteiger partial charge is 0.496 e. The summed E-state index contributed by atoms with van der Waals surface area (Å²) in [6, 6.07) is 11.1. The van der Waals surface area contributed by atoms with Crippen LogP contribution in [0.2, 0.25) is 0 Å². The van der Waals surface area contributed by atoms with Gasteiger partial charge in [0.15, 0.2) is 0 Å². The highest BCUT2D eigenvalue weighted by Crippen LogP contribution is 2.32. The van der Waals surface area contributed by atoms with Gasteiger partial charge in [0.05, 0.1) is 25.1 Å². The summed E-state index contributed by atoms with van der Waals surface area (Å²) in [5, 5.41) is 2.96. The number of rotatable bonds is 8. The average Bonchev–Trinajstić information content (AvgIpc) is 2.70. The summed E-state index contributed by atoms with van der Waals surface area (Å²) in [7, 11) is -1.99. The summed E-state index contributed by atoms with van der Waals surface area (Å²) in [4.78, 5) is 12.9. The van der Waals surface area contributed by atoms with Gasteiger partial charge in [-0.3, -0.25) is 9.10 Å². The molecule has 0 unspecified atom stereocenters. The van der Waals surface area contributed by atoms with Crippen LogP contribution in [-0.2, 0) is 20.2 Å². The first kappa shape index (κ1) is 26.7. The van der Waals surface area contributed by atoms with Crippen molar-refractivity contribution in [2.45, 2.75) is 65.8 Å². The van der Waals surface area contributed by atoms with Crippen LogP contribution in [0, 0.1) is 6.92 Å². The summed E-state index contributed by atoms with van der Waals surface area (Å²) in [6.45, 7) is 14.1. The van der Waals surface area contributed by atoms with Gasteiger partial charge in [0, 0.05) is 0 Å². The zero-order valence-electron chi connectivity index (χ0n) is 21.3. The fraction of sp³-hybridized carbons (Fsp3) is 0.500. The molecular weight excluding hydrogens is 436 g/mol. The number of nitrogens with zero attached hydrogens (tertiary/aromatic N) is 1. The molecule has 2 aromatic carbocycles. The topological polar surface area (TPSA) is 75.7 Å². The minimum atomic E-state index is -3.64. The van der Waals surface area contributed by atoms with Gasteiger partial charge in [-0.2, -0.15) is 0 Å². The predicted molar refractivity (Wildman–Crippen MR) is 136 cm³/mol. The lowest BCUT2D eigenvalue weighted by Crippen LogP contribution is -2.41. The first-order chi connectivity index (χ1) is 15.1. The molecule has 0 aliphatic carbocycles. The Morgan fingerprint density at radius 1 is 1.06 bits per heavy atom. The number of aryl methyl sites for hydroxylation is 1. The summed E-state index contributed by atoms with van der Waals surface area (Å²) < 4.78 is 31.6. The summed E-state index contributed by atoms with van der Waals surface area (Å²) in [5.74, 6) is 0.722. The van der Waals surface area contributed by atoms with Crippen molar-refractivity contribution in [3.8, 4) is 5.75 Å². The maximum atomic E-state index is 12.9. The van der Waals surface area contributed by atoms with E-state index in [-0.39, 0.29) is 29.8 Å². The highest BCUT2D eigenvalue weighted by Gasteiger charge is 2.24. The number of nitrogens with one attached hydrogen (secondary N) is 1. The summed E-state index contributed by atoms with van der Waals surface area (Å²) >= 11 is 0. The number of hydrogen-bond acceptors (Lipinski definition) is 4. The number of amides is 1. The second-order valence-electron chi connectivity index (χ2n) is 9.96. The van der Waals surface area contributed by atoms with Gasteiger partial charge in [-0.15, -0.1) is 0 Å². The molecule has 0 bridgehead atoms. The van der Waals surface area contributed by atoms with Gasteiger partial charge in [0.2, 0.25) is 15.9 Å². The molecule has 0 aliphatic rings. The number of methoxy groups -OCH3 is 1. The number of anilines is 1. The predicted octanol–water partition coefficient (Wildman–Crippen LogP) is 5.07. The first-order valence-corrected chi connectivity index (χ1v) is 13.1. The van der Waals surface area contributed by atoms with Crippen molar-refractivity contribution in [2.24, 2.45) is 0 Å². The van der Waals surface area contributed by atoms with Gasteiger partial charge in [-0.1, -0.05) is 46.8 Å². The number of benzene rings is 2. The van der Waals surface area contributed by atoms with Crippen LogP contribution in [0.4, 0.5) is 5.69 Å². The lowest BCUT2D eigenvalue weighted by atomic mass is 9.87. The lowest BCUT2D eigenvalue weighted by molar-refractivity contribution is -0.120. The third-order valence-electron chi connectivity index (χ3n) is 5.79. The molecule has 2 aromatic rings. The molecule has 7 heteroatoms. The Kier molecular flexibility index (Phi) is 8.22. The molecule has 1 atom stereocenters. The van der Waals surface area contributed by atoms with Crippen LogP contribution in [0.25, 0.3) is 0 Å². The van der Waals surface area contributed by atoms with Gasteiger partial charge in [-0.05, 0) is 71.7 Å². The molecule has 1 amide bonds. The van der Waals surface area contributed by atoms with E-state index in [0.717, 1.165) is 38.6 Å². The third-order valence-corrected chi connectivity index (χ3v) is 6.93. The molecule has 0 radical (unpaired) electrons. The molecule has 0 heterocycles. The van der Waals surface area contributed by atoms with Crippen LogP contribution in [-0.4, -0.2) is 34.2 Å². The van der Waals surface area contributed by atoms with Crippen LogP contribution in [0.1, 0.15) is 75.8 Å². The van der Waals surface area contributed by atoms with E-state index in [0.29, 0.717) is 5.69 Å². The molecule has 33 heavy (non-hydrogen) atoms. The fourth-order valence-corrected chi connectivity index (χ4v) is 4.69. The molecule has 0 saturated heterocycles. The minimum absolute atomic E-state index is 0.0493. The fourth-order valence-electron chi connectivity index (χ4n) is 3.83. The van der Waals surface area contributed by atoms with E-state index in [2.05, 4.69) is 46.0 Å². The van der Waals surface area contributed by atoms with Crippen molar-refractivity contribution in [3.05, 3.63) is 58.7 Å². The van der Waals surface area contributed by atoms with E-state index >= 15 is 0 Å². The van der Waals surface area contributed by atoms with Crippen molar-refractivity contribution >= 4 is 21.6 Å².